The van der Waals surface area contributed by atoms with Crippen LogP contribution < -0.4 is 20.5 Å². The smallest absolute Gasteiger partial charge is 0.280 e. The Morgan fingerprint density at radius 1 is 1.12 bits per heavy atom. The van der Waals surface area contributed by atoms with Crippen molar-refractivity contribution in [1.29, 1.82) is 0 Å². The summed E-state index contributed by atoms with van der Waals surface area (Å²) in [5.41, 5.74) is 2.66. The number of carbonyl (C=O) groups is 1. The molecule has 7 heteroatoms. The minimum Gasteiger partial charge on any atom is -0.493 e. The molecule has 7 nitrogen and oxygen atoms in total. The van der Waals surface area contributed by atoms with Crippen molar-refractivity contribution in [1.82, 2.24) is 9.66 Å². The lowest BCUT2D eigenvalue weighted by Gasteiger charge is -2.11. The summed E-state index contributed by atoms with van der Waals surface area (Å²) in [6.45, 7) is -0.264. The highest BCUT2D eigenvalue weighted by Gasteiger charge is 2.09. The highest BCUT2D eigenvalue weighted by atomic mass is 16.5. The van der Waals surface area contributed by atoms with Gasteiger partial charge in [0.05, 0.1) is 18.0 Å². The Kier molecular flexibility index (Phi) is 4.42. The average molecular weight is 325 g/mol. The molecule has 0 aliphatic rings. The van der Waals surface area contributed by atoms with E-state index in [-0.39, 0.29) is 12.2 Å². The monoisotopic (exact) mass is 325 g/mol. The van der Waals surface area contributed by atoms with Gasteiger partial charge < -0.3 is 9.47 Å². The molecule has 122 valence electrons. The molecule has 3 rings (SSSR count). The van der Waals surface area contributed by atoms with E-state index in [9.17, 15) is 9.59 Å². The zero-order valence-corrected chi connectivity index (χ0v) is 12.9. The molecule has 0 aliphatic heterocycles. The van der Waals surface area contributed by atoms with Gasteiger partial charge in [0.15, 0.2) is 18.1 Å². The SMILES string of the molecule is COc1ccccc1OCC(=O)Nn1cnc2ccccc2c1=O. The predicted octanol–water partition coefficient (Wildman–Crippen LogP) is 1.55. The lowest BCUT2D eigenvalue weighted by molar-refractivity contribution is -0.119. The van der Waals surface area contributed by atoms with Crippen LogP contribution in [-0.2, 0) is 4.79 Å². The van der Waals surface area contributed by atoms with Crippen molar-refractivity contribution >= 4 is 16.8 Å². The van der Waals surface area contributed by atoms with Crippen LogP contribution in [0.3, 0.4) is 0 Å². The molecule has 0 spiro atoms. The number of rotatable bonds is 5. The van der Waals surface area contributed by atoms with Crippen LogP contribution in [0.5, 0.6) is 11.5 Å². The van der Waals surface area contributed by atoms with E-state index in [1.54, 1.807) is 48.5 Å². The van der Waals surface area contributed by atoms with E-state index >= 15 is 0 Å². The van der Waals surface area contributed by atoms with Crippen molar-refractivity contribution < 1.29 is 14.3 Å². The van der Waals surface area contributed by atoms with Gasteiger partial charge in [0, 0.05) is 0 Å². The number of fused-ring (bicyclic) bond motifs is 1. The van der Waals surface area contributed by atoms with Crippen LogP contribution in [0.4, 0.5) is 0 Å². The van der Waals surface area contributed by atoms with Crippen LogP contribution in [0.25, 0.3) is 10.9 Å². The second kappa shape index (κ2) is 6.82. The van der Waals surface area contributed by atoms with Gasteiger partial charge >= 0.3 is 0 Å². The lowest BCUT2D eigenvalue weighted by atomic mass is 10.2. The number of nitrogens with zero attached hydrogens (tertiary/aromatic N) is 2. The Labute approximate surface area is 137 Å². The number of hydrogen-bond donors (Lipinski definition) is 1. The summed E-state index contributed by atoms with van der Waals surface area (Å²) < 4.78 is 11.6. The summed E-state index contributed by atoms with van der Waals surface area (Å²) in [5, 5.41) is 0.422. The standard InChI is InChI=1S/C17H15N3O4/c1-23-14-8-4-5-9-15(14)24-10-16(21)19-20-11-18-13-7-3-2-6-12(13)17(20)22/h2-9,11H,10H2,1H3,(H,19,21). The minimum absolute atomic E-state index is 0.264. The van der Waals surface area contributed by atoms with E-state index in [4.69, 9.17) is 9.47 Å². The summed E-state index contributed by atoms with van der Waals surface area (Å²) in [7, 11) is 1.52. The maximum absolute atomic E-state index is 12.3. The molecule has 3 aromatic rings. The third-order valence-electron chi connectivity index (χ3n) is 3.34. The lowest BCUT2D eigenvalue weighted by Crippen LogP contribution is -2.35. The molecule has 0 aliphatic carbocycles. The first-order chi connectivity index (χ1) is 11.7. The summed E-state index contributed by atoms with van der Waals surface area (Å²) in [6.07, 6.45) is 1.27. The number of ether oxygens (including phenoxy) is 2. The Hall–Kier alpha value is -3.35. The van der Waals surface area contributed by atoms with E-state index in [1.165, 1.54) is 13.4 Å². The number of benzene rings is 2. The Morgan fingerprint density at radius 3 is 2.62 bits per heavy atom. The second-order valence-corrected chi connectivity index (χ2v) is 4.91. The maximum Gasteiger partial charge on any atom is 0.280 e. The van der Waals surface area contributed by atoms with Gasteiger partial charge in [0.25, 0.3) is 11.5 Å². The molecule has 1 heterocycles. The molecule has 1 N–H and O–H groups in total. The first-order valence-corrected chi connectivity index (χ1v) is 7.21. The molecule has 0 saturated heterocycles. The molecule has 0 atom stereocenters. The molecule has 1 amide bonds. The van der Waals surface area contributed by atoms with E-state index < -0.39 is 5.91 Å². The largest absolute Gasteiger partial charge is 0.493 e. The molecule has 0 fully saturated rings. The Morgan fingerprint density at radius 2 is 1.83 bits per heavy atom. The fraction of sp³-hybridized carbons (Fsp3) is 0.118. The number of para-hydroxylation sites is 3. The van der Waals surface area contributed by atoms with E-state index in [0.717, 1.165) is 4.68 Å². The van der Waals surface area contributed by atoms with Crippen LogP contribution in [0.1, 0.15) is 0 Å². The summed E-state index contributed by atoms with van der Waals surface area (Å²) >= 11 is 0. The van der Waals surface area contributed by atoms with Crippen molar-refractivity contribution in [3.63, 3.8) is 0 Å². The van der Waals surface area contributed by atoms with Crippen molar-refractivity contribution in [2.75, 3.05) is 19.1 Å². The van der Waals surface area contributed by atoms with Crippen molar-refractivity contribution in [3.8, 4) is 11.5 Å². The molecule has 2 aromatic carbocycles. The number of amides is 1. The summed E-state index contributed by atoms with van der Waals surface area (Å²) in [4.78, 5) is 28.4. The fourth-order valence-corrected chi connectivity index (χ4v) is 2.20. The molecule has 0 saturated carbocycles. The van der Waals surface area contributed by atoms with Gasteiger partial charge in [-0.15, -0.1) is 0 Å². The number of nitrogens with one attached hydrogen (secondary N) is 1. The second-order valence-electron chi connectivity index (χ2n) is 4.91. The van der Waals surface area contributed by atoms with Gasteiger partial charge in [-0.2, -0.15) is 0 Å². The number of methoxy groups -OCH3 is 1. The highest BCUT2D eigenvalue weighted by Crippen LogP contribution is 2.25. The van der Waals surface area contributed by atoms with Crippen LogP contribution in [0.2, 0.25) is 0 Å². The van der Waals surface area contributed by atoms with Gasteiger partial charge in [-0.3, -0.25) is 15.0 Å². The molecular weight excluding hydrogens is 310 g/mol. The van der Waals surface area contributed by atoms with Gasteiger partial charge in [-0.25, -0.2) is 9.66 Å². The third-order valence-corrected chi connectivity index (χ3v) is 3.34. The van der Waals surface area contributed by atoms with Crippen molar-refractivity contribution in [2.24, 2.45) is 0 Å². The zero-order valence-electron chi connectivity index (χ0n) is 12.9. The van der Waals surface area contributed by atoms with Crippen LogP contribution >= 0.6 is 0 Å². The van der Waals surface area contributed by atoms with E-state index in [0.29, 0.717) is 22.4 Å². The Balaban J connectivity index is 1.71. The predicted molar refractivity (Wildman–Crippen MR) is 88.9 cm³/mol. The summed E-state index contributed by atoms with van der Waals surface area (Å²) in [6, 6.07) is 13.9. The molecule has 0 unspecified atom stereocenters. The molecule has 1 aromatic heterocycles. The van der Waals surface area contributed by atoms with Gasteiger partial charge in [-0.1, -0.05) is 24.3 Å². The fourth-order valence-electron chi connectivity index (χ4n) is 2.20. The van der Waals surface area contributed by atoms with E-state index in [2.05, 4.69) is 10.4 Å². The van der Waals surface area contributed by atoms with Crippen molar-refractivity contribution in [2.45, 2.75) is 0 Å². The van der Waals surface area contributed by atoms with Gasteiger partial charge in [0.1, 0.15) is 6.33 Å². The average Bonchev–Trinajstić information content (AvgIpc) is 2.63. The number of aromatic nitrogens is 2. The third kappa shape index (κ3) is 3.19. The van der Waals surface area contributed by atoms with Crippen LogP contribution in [0, 0.1) is 0 Å². The first kappa shape index (κ1) is 15.5. The Bertz CT molecular complexity index is 936. The van der Waals surface area contributed by atoms with Crippen molar-refractivity contribution in [3.05, 3.63) is 65.2 Å². The number of hydrogen-bond acceptors (Lipinski definition) is 5. The summed E-state index contributed by atoms with van der Waals surface area (Å²) in [5.74, 6) is 0.481. The molecular formula is C17H15N3O4. The normalized spacial score (nSPS) is 10.4. The first-order valence-electron chi connectivity index (χ1n) is 7.21. The maximum atomic E-state index is 12.3. The minimum atomic E-state index is -0.486. The van der Waals surface area contributed by atoms with Crippen LogP contribution in [-0.4, -0.2) is 29.3 Å². The van der Waals surface area contributed by atoms with Crippen LogP contribution in [0.15, 0.2) is 59.7 Å². The topological polar surface area (TPSA) is 82.4 Å². The van der Waals surface area contributed by atoms with Gasteiger partial charge in [0.2, 0.25) is 0 Å². The molecule has 0 radical (unpaired) electrons. The van der Waals surface area contributed by atoms with Gasteiger partial charge in [-0.05, 0) is 24.3 Å². The quantitative estimate of drug-likeness (QED) is 0.770. The highest BCUT2D eigenvalue weighted by molar-refractivity contribution is 5.85. The number of carbonyl (C=O) groups excluding carboxylic acids is 1. The zero-order chi connectivity index (χ0) is 16.9. The molecule has 0 bridgehead atoms. The van der Waals surface area contributed by atoms with E-state index in [1.807, 2.05) is 0 Å². The molecule has 24 heavy (non-hydrogen) atoms.